The normalized spacial score (nSPS) is 17.0. The molecule has 0 aromatic heterocycles. The van der Waals surface area contributed by atoms with E-state index in [2.05, 4.69) is 5.32 Å². The standard InChI is InChI=1S/C19H13F2NO/c20-13-7-12(8-14(21)9-13)17-10-18(23)22-19-15-4-2-1-3-11(15)5-6-16(17)19/h1-9,17H,10H2,(H,22,23). The van der Waals surface area contributed by atoms with Crippen LogP contribution in [0.15, 0.2) is 54.6 Å². The molecular formula is C19H13F2NO. The first-order chi connectivity index (χ1) is 11.1. The summed E-state index contributed by atoms with van der Waals surface area (Å²) in [7, 11) is 0. The van der Waals surface area contributed by atoms with Gasteiger partial charge in [-0.3, -0.25) is 4.79 Å². The van der Waals surface area contributed by atoms with Crippen molar-refractivity contribution in [3.63, 3.8) is 0 Å². The third kappa shape index (κ3) is 2.36. The molecule has 1 N–H and O–H groups in total. The van der Waals surface area contributed by atoms with Gasteiger partial charge in [-0.2, -0.15) is 0 Å². The van der Waals surface area contributed by atoms with Gasteiger partial charge in [0.15, 0.2) is 0 Å². The molecule has 1 aliphatic rings. The Labute approximate surface area is 131 Å². The zero-order valence-electron chi connectivity index (χ0n) is 12.1. The fourth-order valence-corrected chi connectivity index (χ4v) is 3.28. The molecule has 1 heterocycles. The number of hydrogen-bond donors (Lipinski definition) is 1. The first-order valence-electron chi connectivity index (χ1n) is 7.39. The summed E-state index contributed by atoms with van der Waals surface area (Å²) in [5.74, 6) is -1.77. The van der Waals surface area contributed by atoms with E-state index < -0.39 is 11.6 Å². The Kier molecular flexibility index (Phi) is 3.11. The second kappa shape index (κ2) is 5.16. The van der Waals surface area contributed by atoms with Crippen LogP contribution in [0, 0.1) is 11.6 Å². The molecule has 4 rings (SSSR count). The molecule has 1 unspecified atom stereocenters. The molecule has 1 amide bonds. The van der Waals surface area contributed by atoms with Crippen molar-refractivity contribution in [2.75, 3.05) is 5.32 Å². The van der Waals surface area contributed by atoms with Crippen LogP contribution in [0.1, 0.15) is 23.5 Å². The zero-order valence-corrected chi connectivity index (χ0v) is 12.1. The van der Waals surface area contributed by atoms with E-state index in [1.54, 1.807) is 0 Å². The van der Waals surface area contributed by atoms with Crippen LogP contribution in [0.4, 0.5) is 14.5 Å². The maximum Gasteiger partial charge on any atom is 0.225 e. The highest BCUT2D eigenvalue weighted by molar-refractivity contribution is 6.06. The van der Waals surface area contributed by atoms with Crippen molar-refractivity contribution >= 4 is 22.4 Å². The van der Waals surface area contributed by atoms with Crippen molar-refractivity contribution in [2.24, 2.45) is 0 Å². The summed E-state index contributed by atoms with van der Waals surface area (Å²) >= 11 is 0. The van der Waals surface area contributed by atoms with E-state index in [-0.39, 0.29) is 18.2 Å². The number of fused-ring (bicyclic) bond motifs is 3. The minimum Gasteiger partial charge on any atom is -0.325 e. The van der Waals surface area contributed by atoms with E-state index in [0.29, 0.717) is 5.56 Å². The Bertz CT molecular complexity index is 916. The van der Waals surface area contributed by atoms with Crippen LogP contribution in [0.5, 0.6) is 0 Å². The van der Waals surface area contributed by atoms with Crippen LogP contribution < -0.4 is 5.32 Å². The summed E-state index contributed by atoms with van der Waals surface area (Å²) < 4.78 is 27.1. The van der Waals surface area contributed by atoms with Crippen LogP contribution in [0.2, 0.25) is 0 Å². The van der Waals surface area contributed by atoms with Crippen LogP contribution >= 0.6 is 0 Å². The van der Waals surface area contributed by atoms with E-state index in [0.717, 1.165) is 28.1 Å². The smallest absolute Gasteiger partial charge is 0.225 e. The minimum absolute atomic E-state index is 0.150. The molecule has 3 aromatic carbocycles. The number of carbonyl (C=O) groups excluding carboxylic acids is 1. The summed E-state index contributed by atoms with van der Waals surface area (Å²) in [4.78, 5) is 12.1. The molecule has 0 spiro atoms. The second-order valence-corrected chi connectivity index (χ2v) is 5.76. The Morgan fingerprint density at radius 3 is 2.48 bits per heavy atom. The largest absolute Gasteiger partial charge is 0.325 e. The maximum absolute atomic E-state index is 13.6. The van der Waals surface area contributed by atoms with Gasteiger partial charge in [0.25, 0.3) is 0 Å². The fourth-order valence-electron chi connectivity index (χ4n) is 3.28. The first kappa shape index (κ1) is 13.9. The third-order valence-electron chi connectivity index (χ3n) is 4.28. The molecule has 0 saturated heterocycles. The average Bonchev–Trinajstić information content (AvgIpc) is 2.53. The SMILES string of the molecule is O=C1CC(c2cc(F)cc(F)c2)c2ccc3ccccc3c2N1. The molecule has 1 aliphatic heterocycles. The van der Waals surface area contributed by atoms with Crippen molar-refractivity contribution in [1.29, 1.82) is 0 Å². The third-order valence-corrected chi connectivity index (χ3v) is 4.28. The fraction of sp³-hybridized carbons (Fsp3) is 0.105. The summed E-state index contributed by atoms with van der Waals surface area (Å²) in [6.07, 6.45) is 0.175. The van der Waals surface area contributed by atoms with E-state index >= 15 is 0 Å². The molecule has 2 nitrogen and oxygen atoms in total. The molecule has 114 valence electrons. The summed E-state index contributed by atoms with van der Waals surface area (Å²) in [5.41, 5.74) is 2.09. The Morgan fingerprint density at radius 1 is 0.957 bits per heavy atom. The summed E-state index contributed by atoms with van der Waals surface area (Å²) in [6, 6.07) is 15.1. The van der Waals surface area contributed by atoms with Gasteiger partial charge in [-0.25, -0.2) is 8.78 Å². The van der Waals surface area contributed by atoms with E-state index in [4.69, 9.17) is 0 Å². The molecule has 3 aromatic rings. The molecule has 4 heteroatoms. The summed E-state index contributed by atoms with van der Waals surface area (Å²) in [6.45, 7) is 0. The van der Waals surface area contributed by atoms with Gasteiger partial charge in [0, 0.05) is 23.8 Å². The highest BCUT2D eigenvalue weighted by Crippen LogP contribution is 2.41. The molecule has 0 fully saturated rings. The van der Waals surface area contributed by atoms with Crippen LogP contribution in [-0.2, 0) is 4.79 Å². The second-order valence-electron chi connectivity index (χ2n) is 5.76. The monoisotopic (exact) mass is 309 g/mol. The highest BCUT2D eigenvalue weighted by atomic mass is 19.1. The lowest BCUT2D eigenvalue weighted by Crippen LogP contribution is -2.23. The topological polar surface area (TPSA) is 29.1 Å². The van der Waals surface area contributed by atoms with Gasteiger partial charge in [0.2, 0.25) is 5.91 Å². The number of hydrogen-bond acceptors (Lipinski definition) is 1. The van der Waals surface area contributed by atoms with Crippen molar-refractivity contribution in [3.8, 4) is 0 Å². The van der Waals surface area contributed by atoms with Gasteiger partial charge >= 0.3 is 0 Å². The molecule has 0 bridgehead atoms. The molecule has 23 heavy (non-hydrogen) atoms. The van der Waals surface area contributed by atoms with Crippen molar-refractivity contribution in [2.45, 2.75) is 12.3 Å². The average molecular weight is 309 g/mol. The Balaban J connectivity index is 1.94. The Hall–Kier alpha value is -2.75. The van der Waals surface area contributed by atoms with Gasteiger partial charge in [0.05, 0.1) is 5.69 Å². The number of carbonyl (C=O) groups is 1. The molecule has 0 radical (unpaired) electrons. The lowest BCUT2D eigenvalue weighted by molar-refractivity contribution is -0.116. The predicted molar refractivity (Wildman–Crippen MR) is 85.4 cm³/mol. The number of anilines is 1. The molecule has 0 aliphatic carbocycles. The van der Waals surface area contributed by atoms with Gasteiger partial charge in [-0.05, 0) is 28.6 Å². The number of halogens is 2. The van der Waals surface area contributed by atoms with E-state index in [1.165, 1.54) is 12.1 Å². The lowest BCUT2D eigenvalue weighted by Gasteiger charge is -2.27. The predicted octanol–water partition coefficient (Wildman–Crippen LogP) is 4.59. The minimum atomic E-state index is -0.631. The molecular weight excluding hydrogens is 296 g/mol. The van der Waals surface area contributed by atoms with Crippen molar-refractivity contribution in [1.82, 2.24) is 0 Å². The maximum atomic E-state index is 13.6. The highest BCUT2D eigenvalue weighted by Gasteiger charge is 2.28. The van der Waals surface area contributed by atoms with Crippen molar-refractivity contribution < 1.29 is 13.6 Å². The number of amides is 1. The molecule has 0 saturated carbocycles. The van der Waals surface area contributed by atoms with Gasteiger partial charge in [-0.15, -0.1) is 0 Å². The quantitative estimate of drug-likeness (QED) is 0.700. The number of benzene rings is 3. The lowest BCUT2D eigenvalue weighted by atomic mass is 9.83. The van der Waals surface area contributed by atoms with Gasteiger partial charge in [-0.1, -0.05) is 36.4 Å². The van der Waals surface area contributed by atoms with Crippen LogP contribution in [-0.4, -0.2) is 5.91 Å². The zero-order chi connectivity index (χ0) is 16.0. The van der Waals surface area contributed by atoms with E-state index in [1.807, 2.05) is 36.4 Å². The first-order valence-corrected chi connectivity index (χ1v) is 7.39. The summed E-state index contributed by atoms with van der Waals surface area (Å²) in [5, 5.41) is 4.85. The van der Waals surface area contributed by atoms with Crippen LogP contribution in [0.25, 0.3) is 10.8 Å². The number of rotatable bonds is 1. The van der Waals surface area contributed by atoms with E-state index in [9.17, 15) is 13.6 Å². The Morgan fingerprint density at radius 2 is 1.70 bits per heavy atom. The van der Waals surface area contributed by atoms with Gasteiger partial charge < -0.3 is 5.32 Å². The molecule has 1 atom stereocenters. The van der Waals surface area contributed by atoms with Gasteiger partial charge in [0.1, 0.15) is 11.6 Å². The van der Waals surface area contributed by atoms with Crippen LogP contribution in [0.3, 0.4) is 0 Å². The van der Waals surface area contributed by atoms with Crippen molar-refractivity contribution in [3.05, 3.63) is 77.4 Å². The number of nitrogens with one attached hydrogen (secondary N) is 1.